The van der Waals surface area contributed by atoms with Gasteiger partial charge in [0.2, 0.25) is 5.95 Å². The van der Waals surface area contributed by atoms with Crippen LogP contribution in [0.5, 0.6) is 0 Å². The van der Waals surface area contributed by atoms with E-state index in [9.17, 15) is 0 Å². The van der Waals surface area contributed by atoms with Crippen LogP contribution in [-0.2, 0) is 0 Å². The Morgan fingerprint density at radius 2 is 1.04 bits per heavy atom. The summed E-state index contributed by atoms with van der Waals surface area (Å²) >= 11 is 1.78. The summed E-state index contributed by atoms with van der Waals surface area (Å²) in [5.74, 6) is 1.76. The molecule has 0 radical (unpaired) electrons. The molecule has 0 saturated heterocycles. The Bertz CT molecular complexity index is 4490. The molecule has 0 bridgehead atoms. The van der Waals surface area contributed by atoms with Gasteiger partial charge in [-0.1, -0.05) is 170 Å². The zero-order valence-corrected chi connectivity index (χ0v) is 39.5. The lowest BCUT2D eigenvalue weighted by Crippen LogP contribution is -2.07. The number of fused-ring (bicyclic) bond motifs is 11. The maximum atomic E-state index is 5.60. The number of allylic oxidation sites excluding steroid dienone is 2. The third-order valence-electron chi connectivity index (χ3n) is 14.1. The number of benzene rings is 9. The first-order chi connectivity index (χ1) is 35.1. The highest BCUT2D eigenvalue weighted by atomic mass is 32.1. The molecule has 0 atom stereocenters. The van der Waals surface area contributed by atoms with E-state index in [0.29, 0.717) is 17.6 Å². The predicted molar refractivity (Wildman–Crippen MR) is 299 cm³/mol. The third-order valence-corrected chi connectivity index (χ3v) is 15.3. The number of aryl methyl sites for hydroxylation is 1. The number of para-hydroxylation sites is 2. The largest absolute Gasteiger partial charge is 0.310 e. The average molecular weight is 927 g/mol. The highest BCUT2D eigenvalue weighted by Gasteiger charge is 2.25. The van der Waals surface area contributed by atoms with E-state index in [0.717, 1.165) is 93.2 Å². The minimum atomic E-state index is 0.541. The molecule has 0 N–H and O–H groups in total. The number of hydrogen-bond donors (Lipinski definition) is 0. The van der Waals surface area contributed by atoms with Gasteiger partial charge >= 0.3 is 0 Å². The van der Waals surface area contributed by atoms with Crippen LogP contribution in [0, 0.1) is 6.92 Å². The topological polar surface area (TPSA) is 53.5 Å². The zero-order chi connectivity index (χ0) is 47.2. The molecule has 14 rings (SSSR count). The standard InChI is InChI=1S/C64H42N6S/c1-3-4-30-54-40(2)46-25-11-14-31-55(46)68(54)45-34-37-57-53(39-45)50-36-35-49-47-26-12-15-32-56(47)69(44-24-17-23-43(38-44)41-19-7-5-8-20-41)59(49)60(50)70(57)64-66-62(42-21-9-6-10-22-42)65-63(67-64)52-29-18-28-51-48-27-13-16-33-58(48)71-61(51)52/h3-39H,1H2,2H3/b30-4-. The van der Waals surface area contributed by atoms with Gasteiger partial charge in [0.05, 0.1) is 27.6 Å². The van der Waals surface area contributed by atoms with Gasteiger partial charge in [0.15, 0.2) is 11.6 Å². The van der Waals surface area contributed by atoms with Crippen LogP contribution in [-0.4, -0.2) is 28.7 Å². The van der Waals surface area contributed by atoms with Gasteiger partial charge in [-0.3, -0.25) is 4.57 Å². The molecule has 0 aliphatic rings. The number of aromatic nitrogens is 6. The number of rotatable bonds is 8. The molecular weight excluding hydrogens is 885 g/mol. The molecule has 7 heteroatoms. The first kappa shape index (κ1) is 40.9. The molecule has 5 aromatic heterocycles. The highest BCUT2D eigenvalue weighted by molar-refractivity contribution is 7.26. The van der Waals surface area contributed by atoms with E-state index in [4.69, 9.17) is 15.0 Å². The van der Waals surface area contributed by atoms with Gasteiger partial charge in [0, 0.05) is 75.3 Å². The molecule has 9 aromatic carbocycles. The van der Waals surface area contributed by atoms with Crippen molar-refractivity contribution in [3.63, 3.8) is 0 Å². The van der Waals surface area contributed by atoms with E-state index in [2.05, 4.69) is 221 Å². The van der Waals surface area contributed by atoms with Crippen molar-refractivity contribution in [3.8, 4) is 51.2 Å². The van der Waals surface area contributed by atoms with E-state index in [1.807, 2.05) is 30.4 Å². The van der Waals surface area contributed by atoms with Crippen LogP contribution in [0.2, 0.25) is 0 Å². The van der Waals surface area contributed by atoms with Gasteiger partial charge < -0.3 is 9.13 Å². The molecule has 71 heavy (non-hydrogen) atoms. The molecule has 0 aliphatic heterocycles. The summed E-state index contributed by atoms with van der Waals surface area (Å²) in [5, 5.41) is 8.10. The van der Waals surface area contributed by atoms with Crippen LogP contribution in [0.1, 0.15) is 11.3 Å². The van der Waals surface area contributed by atoms with Crippen molar-refractivity contribution < 1.29 is 0 Å². The van der Waals surface area contributed by atoms with E-state index in [1.54, 1.807) is 11.3 Å². The lowest BCUT2D eigenvalue weighted by molar-refractivity contribution is 0.954. The number of thiophene rings is 1. The zero-order valence-electron chi connectivity index (χ0n) is 38.7. The summed E-state index contributed by atoms with van der Waals surface area (Å²) in [6, 6.07) is 73.8. The second kappa shape index (κ2) is 16.2. The van der Waals surface area contributed by atoms with Gasteiger partial charge in [0.1, 0.15) is 0 Å². The van der Waals surface area contributed by atoms with Crippen LogP contribution >= 0.6 is 11.3 Å². The predicted octanol–water partition coefficient (Wildman–Crippen LogP) is 16.9. The highest BCUT2D eigenvalue weighted by Crippen LogP contribution is 2.44. The normalized spacial score (nSPS) is 12.0. The summed E-state index contributed by atoms with van der Waals surface area (Å²) in [6.45, 7) is 6.22. The molecule has 0 spiro atoms. The van der Waals surface area contributed by atoms with Gasteiger partial charge in [-0.2, -0.15) is 9.97 Å². The maximum absolute atomic E-state index is 5.60. The van der Waals surface area contributed by atoms with Crippen LogP contribution in [0.3, 0.4) is 0 Å². The summed E-state index contributed by atoms with van der Waals surface area (Å²) in [6.07, 6.45) is 6.02. The van der Waals surface area contributed by atoms with Crippen molar-refractivity contribution in [2.24, 2.45) is 0 Å². The smallest absolute Gasteiger partial charge is 0.238 e. The first-order valence-electron chi connectivity index (χ1n) is 23.9. The molecule has 5 heterocycles. The van der Waals surface area contributed by atoms with Crippen LogP contribution < -0.4 is 0 Å². The minimum absolute atomic E-state index is 0.541. The number of nitrogens with zero attached hydrogens (tertiary/aromatic N) is 6. The van der Waals surface area contributed by atoms with E-state index in [-0.39, 0.29) is 0 Å². The Labute approximate surface area is 413 Å². The first-order valence-corrected chi connectivity index (χ1v) is 24.7. The Morgan fingerprint density at radius 1 is 0.437 bits per heavy atom. The average Bonchev–Trinajstić information content (AvgIpc) is 4.17. The third kappa shape index (κ3) is 6.37. The quantitative estimate of drug-likeness (QED) is 0.143. The van der Waals surface area contributed by atoms with E-state index >= 15 is 0 Å². The summed E-state index contributed by atoms with van der Waals surface area (Å²) in [7, 11) is 0. The fourth-order valence-electron chi connectivity index (χ4n) is 10.9. The van der Waals surface area contributed by atoms with Gasteiger partial charge in [0.25, 0.3) is 0 Å². The molecule has 0 amide bonds. The van der Waals surface area contributed by atoms with Gasteiger partial charge in [-0.25, -0.2) is 4.98 Å². The van der Waals surface area contributed by atoms with E-state index in [1.165, 1.54) is 26.4 Å². The molecule has 0 saturated carbocycles. The Kier molecular flexibility index (Phi) is 9.34. The van der Waals surface area contributed by atoms with Gasteiger partial charge in [-0.05, 0) is 84.3 Å². The van der Waals surface area contributed by atoms with Gasteiger partial charge in [-0.15, -0.1) is 11.3 Å². The second-order valence-electron chi connectivity index (χ2n) is 18.1. The van der Waals surface area contributed by atoms with Crippen molar-refractivity contribution >= 4 is 92.1 Å². The van der Waals surface area contributed by atoms with Crippen LogP contribution in [0.4, 0.5) is 0 Å². The molecule has 0 unspecified atom stereocenters. The summed E-state index contributed by atoms with van der Waals surface area (Å²) < 4.78 is 9.49. The Morgan fingerprint density at radius 3 is 1.85 bits per heavy atom. The minimum Gasteiger partial charge on any atom is -0.310 e. The van der Waals surface area contributed by atoms with Crippen molar-refractivity contribution in [2.75, 3.05) is 0 Å². The number of hydrogen-bond acceptors (Lipinski definition) is 4. The lowest BCUT2D eigenvalue weighted by Gasteiger charge is -2.14. The van der Waals surface area contributed by atoms with Crippen molar-refractivity contribution in [1.82, 2.24) is 28.7 Å². The fourth-order valence-corrected chi connectivity index (χ4v) is 12.1. The monoisotopic (exact) mass is 926 g/mol. The molecule has 6 nitrogen and oxygen atoms in total. The second-order valence-corrected chi connectivity index (χ2v) is 19.1. The summed E-state index contributed by atoms with van der Waals surface area (Å²) in [5.41, 5.74) is 14.0. The lowest BCUT2D eigenvalue weighted by atomic mass is 10.1. The molecular formula is C64H42N6S. The van der Waals surface area contributed by atoms with E-state index < -0.39 is 0 Å². The molecule has 14 aromatic rings. The van der Waals surface area contributed by atoms with Crippen LogP contribution in [0.25, 0.3) is 132 Å². The van der Waals surface area contributed by atoms with Crippen molar-refractivity contribution in [2.45, 2.75) is 6.92 Å². The SMILES string of the molecule is C=C/C=C\c1c(C)c2ccccc2n1-c1ccc2c(c1)c1ccc3c4ccccc4n(-c4cccc(-c5ccccc5)c4)c3c1n2-c1nc(-c2ccccc2)nc(-c2cccc3c2sc2ccccc23)n1. The Balaban J connectivity index is 1.13. The fraction of sp³-hybridized carbons (Fsp3) is 0.0156. The van der Waals surface area contributed by atoms with Crippen LogP contribution in [0.15, 0.2) is 225 Å². The molecule has 0 aliphatic carbocycles. The van der Waals surface area contributed by atoms with Crippen molar-refractivity contribution in [1.29, 1.82) is 0 Å². The van der Waals surface area contributed by atoms with Crippen molar-refractivity contribution in [3.05, 3.63) is 236 Å². The maximum Gasteiger partial charge on any atom is 0.238 e. The Hall–Kier alpha value is -9.17. The summed E-state index contributed by atoms with van der Waals surface area (Å²) in [4.78, 5) is 16.4. The molecule has 334 valence electrons. The molecule has 0 fully saturated rings.